The van der Waals surface area contributed by atoms with Gasteiger partial charge in [0.25, 0.3) is 11.5 Å². The van der Waals surface area contributed by atoms with Gasteiger partial charge in [-0.05, 0) is 46.2 Å². The number of ether oxygens (including phenoxy) is 1. The first kappa shape index (κ1) is 22.7. The van der Waals surface area contributed by atoms with Gasteiger partial charge in [0.2, 0.25) is 0 Å². The monoisotopic (exact) mass is 488 g/mol. The van der Waals surface area contributed by atoms with Gasteiger partial charge in [-0.3, -0.25) is 9.59 Å². The van der Waals surface area contributed by atoms with E-state index in [1.54, 1.807) is 25.4 Å². The molecule has 7 heteroatoms. The third kappa shape index (κ3) is 4.25. The first-order valence-electron chi connectivity index (χ1n) is 12.1. The number of methoxy groups -OCH3 is 1. The summed E-state index contributed by atoms with van der Waals surface area (Å²) in [5.41, 5.74) is 2.42. The van der Waals surface area contributed by atoms with Crippen molar-refractivity contribution in [2.75, 3.05) is 7.11 Å². The lowest BCUT2D eigenvalue weighted by molar-refractivity contribution is -0.133. The van der Waals surface area contributed by atoms with Crippen molar-refractivity contribution in [3.05, 3.63) is 119 Å². The molecule has 0 radical (unpaired) electrons. The van der Waals surface area contributed by atoms with E-state index in [0.29, 0.717) is 11.8 Å². The minimum atomic E-state index is -0.309. The Morgan fingerprint density at radius 1 is 0.919 bits per heavy atom. The summed E-state index contributed by atoms with van der Waals surface area (Å²) in [4.78, 5) is 26.6. The maximum absolute atomic E-state index is 13.6. The Balaban J connectivity index is 1.37. The van der Waals surface area contributed by atoms with Crippen LogP contribution in [0.25, 0.3) is 21.5 Å². The molecule has 182 valence electrons. The van der Waals surface area contributed by atoms with Crippen molar-refractivity contribution in [3.63, 3.8) is 0 Å². The van der Waals surface area contributed by atoms with Crippen LogP contribution < -0.4 is 10.3 Å². The van der Waals surface area contributed by atoms with Gasteiger partial charge in [-0.1, -0.05) is 66.7 Å². The van der Waals surface area contributed by atoms with E-state index in [-0.39, 0.29) is 24.1 Å². The van der Waals surface area contributed by atoms with Gasteiger partial charge in [-0.15, -0.1) is 0 Å². The molecule has 7 nitrogen and oxygen atoms in total. The molecular formula is C30H24N4O3. The molecule has 1 aliphatic heterocycles. The molecular weight excluding hydrogens is 464 g/mol. The normalized spacial score (nSPS) is 15.2. The molecule has 2 heterocycles. The zero-order valence-corrected chi connectivity index (χ0v) is 20.2. The Kier molecular flexibility index (Phi) is 5.73. The molecule has 1 aliphatic rings. The Hall–Kier alpha value is -4.78. The van der Waals surface area contributed by atoms with E-state index in [9.17, 15) is 9.59 Å². The third-order valence-electron chi connectivity index (χ3n) is 6.80. The van der Waals surface area contributed by atoms with Crippen LogP contribution in [0.5, 0.6) is 5.75 Å². The van der Waals surface area contributed by atoms with Gasteiger partial charge in [0.15, 0.2) is 0 Å². The molecule has 1 atom stereocenters. The lowest BCUT2D eigenvalue weighted by atomic mass is 9.97. The van der Waals surface area contributed by atoms with Gasteiger partial charge in [0, 0.05) is 11.8 Å². The predicted molar refractivity (Wildman–Crippen MR) is 144 cm³/mol. The number of rotatable bonds is 5. The highest BCUT2D eigenvalue weighted by Crippen LogP contribution is 2.34. The number of aromatic nitrogens is 2. The van der Waals surface area contributed by atoms with Crippen molar-refractivity contribution in [3.8, 4) is 5.75 Å². The number of amides is 1. The molecule has 1 unspecified atom stereocenters. The van der Waals surface area contributed by atoms with Crippen molar-refractivity contribution in [1.29, 1.82) is 0 Å². The highest BCUT2D eigenvalue weighted by Gasteiger charge is 2.33. The molecule has 0 spiro atoms. The van der Waals surface area contributed by atoms with E-state index in [2.05, 4.69) is 29.4 Å². The maximum Gasteiger partial charge on any atom is 0.275 e. The van der Waals surface area contributed by atoms with Gasteiger partial charge in [0.05, 0.1) is 30.4 Å². The second-order valence-corrected chi connectivity index (χ2v) is 9.03. The van der Waals surface area contributed by atoms with Crippen LogP contribution in [0.3, 0.4) is 0 Å². The van der Waals surface area contributed by atoms with E-state index >= 15 is 0 Å². The van der Waals surface area contributed by atoms with Crippen molar-refractivity contribution >= 4 is 33.2 Å². The van der Waals surface area contributed by atoms with Crippen molar-refractivity contribution in [2.24, 2.45) is 5.10 Å². The summed E-state index contributed by atoms with van der Waals surface area (Å²) in [7, 11) is 1.62. The summed E-state index contributed by atoms with van der Waals surface area (Å²) in [6.45, 7) is -0.204. The van der Waals surface area contributed by atoms with Crippen LogP contribution in [0.2, 0.25) is 0 Å². The smallest absolute Gasteiger partial charge is 0.275 e. The SMILES string of the molecule is COc1ccc(C2CC(c3ccc4ccccc4c3)=NN2C(=O)Cn2ncc3ccccc3c2=O)cc1. The average molecular weight is 489 g/mol. The summed E-state index contributed by atoms with van der Waals surface area (Å²) in [6.07, 6.45) is 2.16. The van der Waals surface area contributed by atoms with Crippen LogP contribution >= 0.6 is 0 Å². The first-order valence-corrected chi connectivity index (χ1v) is 12.1. The highest BCUT2D eigenvalue weighted by molar-refractivity contribution is 6.05. The summed E-state index contributed by atoms with van der Waals surface area (Å²) in [5, 5.41) is 14.0. The van der Waals surface area contributed by atoms with E-state index in [4.69, 9.17) is 9.84 Å². The number of hydrogen-bond acceptors (Lipinski definition) is 5. The van der Waals surface area contributed by atoms with Crippen LogP contribution in [-0.2, 0) is 11.3 Å². The second-order valence-electron chi connectivity index (χ2n) is 9.03. The molecule has 37 heavy (non-hydrogen) atoms. The molecule has 0 fully saturated rings. The topological polar surface area (TPSA) is 76.8 Å². The summed E-state index contributed by atoms with van der Waals surface area (Å²) in [5.74, 6) is 0.434. The third-order valence-corrected chi connectivity index (χ3v) is 6.80. The summed E-state index contributed by atoms with van der Waals surface area (Å²) >= 11 is 0. The number of hydrazone groups is 1. The van der Waals surface area contributed by atoms with E-state index in [1.165, 1.54) is 9.69 Å². The predicted octanol–water partition coefficient (Wildman–Crippen LogP) is 4.94. The maximum atomic E-state index is 13.6. The Morgan fingerprint density at radius 3 is 2.43 bits per heavy atom. The number of fused-ring (bicyclic) bond motifs is 2. The molecule has 4 aromatic carbocycles. The standard InChI is InChI=1S/C30H24N4O3/c1-37-25-14-12-21(13-15-25)28-17-27(23-11-10-20-6-2-3-7-22(20)16-23)32-34(28)29(35)19-33-30(36)26-9-5-4-8-24(26)18-31-33/h2-16,18,28H,17,19H2,1H3. The minimum Gasteiger partial charge on any atom is -0.497 e. The van der Waals surface area contributed by atoms with E-state index in [1.807, 2.05) is 54.6 Å². The average Bonchev–Trinajstić information content (AvgIpc) is 3.40. The summed E-state index contributed by atoms with van der Waals surface area (Å²) in [6, 6.07) is 28.9. The fraction of sp³-hybridized carbons (Fsp3) is 0.133. The van der Waals surface area contributed by atoms with E-state index < -0.39 is 0 Å². The molecule has 1 amide bonds. The van der Waals surface area contributed by atoms with Crippen LogP contribution in [0.4, 0.5) is 0 Å². The first-order chi connectivity index (χ1) is 18.1. The largest absolute Gasteiger partial charge is 0.497 e. The quantitative estimate of drug-likeness (QED) is 0.351. The highest BCUT2D eigenvalue weighted by atomic mass is 16.5. The van der Waals surface area contributed by atoms with Crippen LogP contribution in [-0.4, -0.2) is 33.5 Å². The Bertz CT molecular complexity index is 1720. The van der Waals surface area contributed by atoms with Crippen molar-refractivity contribution in [2.45, 2.75) is 19.0 Å². The molecule has 0 N–H and O–H groups in total. The lowest BCUT2D eigenvalue weighted by Crippen LogP contribution is -2.35. The number of carbonyl (C=O) groups is 1. The lowest BCUT2D eigenvalue weighted by Gasteiger charge is -2.22. The molecule has 1 aromatic heterocycles. The summed E-state index contributed by atoms with van der Waals surface area (Å²) < 4.78 is 6.52. The Labute approximate surface area is 213 Å². The number of benzene rings is 4. The number of hydrogen-bond donors (Lipinski definition) is 0. The van der Waals surface area contributed by atoms with Gasteiger partial charge < -0.3 is 4.74 Å². The Morgan fingerprint density at radius 2 is 1.65 bits per heavy atom. The van der Waals surface area contributed by atoms with Crippen LogP contribution in [0, 0.1) is 0 Å². The fourth-order valence-electron chi connectivity index (χ4n) is 4.81. The van der Waals surface area contributed by atoms with Crippen LogP contribution in [0.1, 0.15) is 23.6 Å². The van der Waals surface area contributed by atoms with Gasteiger partial charge in [0.1, 0.15) is 12.3 Å². The number of nitrogens with zero attached hydrogens (tertiary/aromatic N) is 4. The molecule has 0 bridgehead atoms. The second kappa shape index (κ2) is 9.35. The minimum absolute atomic E-state index is 0.204. The molecule has 0 aliphatic carbocycles. The zero-order valence-electron chi connectivity index (χ0n) is 20.2. The van der Waals surface area contributed by atoms with Gasteiger partial charge in [-0.25, -0.2) is 9.69 Å². The molecule has 5 aromatic rings. The van der Waals surface area contributed by atoms with Gasteiger partial charge in [-0.2, -0.15) is 10.2 Å². The van der Waals surface area contributed by atoms with Crippen molar-refractivity contribution in [1.82, 2.24) is 14.8 Å². The molecule has 6 rings (SSSR count). The van der Waals surface area contributed by atoms with Crippen molar-refractivity contribution < 1.29 is 9.53 Å². The molecule has 0 saturated carbocycles. The number of carbonyl (C=O) groups excluding carboxylic acids is 1. The zero-order chi connectivity index (χ0) is 25.4. The van der Waals surface area contributed by atoms with E-state index in [0.717, 1.165) is 38.7 Å². The van der Waals surface area contributed by atoms with Crippen LogP contribution in [0.15, 0.2) is 107 Å². The molecule has 0 saturated heterocycles. The fourth-order valence-corrected chi connectivity index (χ4v) is 4.81. The van der Waals surface area contributed by atoms with Gasteiger partial charge >= 0.3 is 0 Å².